The number of unbranched alkanes of at least 4 members (excludes halogenated alkanes) is 6. The van der Waals surface area contributed by atoms with Crippen LogP contribution >= 0.6 is 34.0 Å². The second kappa shape index (κ2) is 22.6. The van der Waals surface area contributed by atoms with Gasteiger partial charge >= 0.3 is 0 Å². The summed E-state index contributed by atoms with van der Waals surface area (Å²) in [4.78, 5) is 26.1. The first-order chi connectivity index (χ1) is 37.5. The minimum absolute atomic E-state index is 0.0609. The van der Waals surface area contributed by atoms with Gasteiger partial charge in [0.05, 0.1) is 22.8 Å². The van der Waals surface area contributed by atoms with E-state index >= 15 is 0 Å². The van der Waals surface area contributed by atoms with Crippen LogP contribution in [0.1, 0.15) is 204 Å². The van der Waals surface area contributed by atoms with Crippen LogP contribution in [0, 0.1) is 0 Å². The van der Waals surface area contributed by atoms with Gasteiger partial charge in [-0.15, -0.1) is 34.0 Å². The number of rotatable bonds is 15. The van der Waals surface area contributed by atoms with Crippen LogP contribution in [0.25, 0.3) is 98.6 Å². The first kappa shape index (κ1) is 56.4. The maximum atomic E-state index is 5.82. The van der Waals surface area contributed by atoms with E-state index in [0.717, 1.165) is 91.9 Å². The number of fused-ring (bicyclic) bond motifs is 8. The van der Waals surface area contributed by atoms with Crippen molar-refractivity contribution in [2.45, 2.75) is 183 Å². The second-order valence-corrected chi connectivity index (χ2v) is 29.5. The molecule has 0 saturated carbocycles. The molecule has 410 valence electrons. The van der Waals surface area contributed by atoms with Gasteiger partial charge in [0.1, 0.15) is 0 Å². The molecule has 8 heterocycles. The molecule has 4 nitrogen and oxygen atoms in total. The van der Waals surface area contributed by atoms with Crippen molar-refractivity contribution in [2.75, 3.05) is 0 Å². The van der Waals surface area contributed by atoms with E-state index in [1.807, 2.05) is 34.0 Å². The third-order valence-corrected chi connectivity index (χ3v) is 19.5. The lowest BCUT2D eigenvalue weighted by Crippen LogP contribution is -2.16. The van der Waals surface area contributed by atoms with Crippen LogP contribution in [0.3, 0.4) is 0 Å². The predicted octanol–water partition coefficient (Wildman–Crippen LogP) is 22.6. The molecule has 2 N–H and O–H groups in total. The van der Waals surface area contributed by atoms with Crippen molar-refractivity contribution < 1.29 is 0 Å². The molecule has 6 aromatic heterocycles. The molecule has 0 spiro atoms. The first-order valence-electron chi connectivity index (χ1n) is 29.3. The molecule has 79 heavy (non-hydrogen) atoms. The summed E-state index contributed by atoms with van der Waals surface area (Å²) >= 11 is 5.81. The van der Waals surface area contributed by atoms with Gasteiger partial charge in [-0.1, -0.05) is 172 Å². The number of H-pyrrole nitrogens is 2. The summed E-state index contributed by atoms with van der Waals surface area (Å²) in [6.07, 6.45) is 21.1. The topological polar surface area (TPSA) is 57.4 Å². The third-order valence-electron chi connectivity index (χ3n) is 15.9. The fraction of sp³-hybridized carbons (Fsp3) is 0.389. The van der Waals surface area contributed by atoms with Crippen molar-refractivity contribution in [2.24, 2.45) is 0 Å². The lowest BCUT2D eigenvalue weighted by Gasteiger charge is -2.26. The number of hydrogen-bond donors (Lipinski definition) is 2. The highest BCUT2D eigenvalue weighted by Gasteiger charge is 2.27. The van der Waals surface area contributed by atoms with E-state index in [1.165, 1.54) is 103 Å². The highest BCUT2D eigenvalue weighted by Crippen LogP contribution is 2.48. The van der Waals surface area contributed by atoms with Crippen LogP contribution < -0.4 is 0 Å². The number of nitrogens with zero attached hydrogens (tertiary/aromatic N) is 2. The summed E-state index contributed by atoms with van der Waals surface area (Å²) in [6, 6.07) is 35.4. The van der Waals surface area contributed by atoms with E-state index in [-0.39, 0.29) is 21.7 Å². The Balaban J connectivity index is 1.27. The van der Waals surface area contributed by atoms with Gasteiger partial charge < -0.3 is 9.97 Å². The Kier molecular flexibility index (Phi) is 16.1. The molecule has 2 aliphatic rings. The van der Waals surface area contributed by atoms with E-state index in [0.29, 0.717) is 0 Å². The Morgan fingerprint density at radius 2 is 0.886 bits per heavy atom. The van der Waals surface area contributed by atoms with Gasteiger partial charge in [0.2, 0.25) is 0 Å². The summed E-state index contributed by atoms with van der Waals surface area (Å²) in [7, 11) is 0. The summed E-state index contributed by atoms with van der Waals surface area (Å²) < 4.78 is 0. The van der Waals surface area contributed by atoms with Crippen molar-refractivity contribution in [1.82, 2.24) is 19.9 Å². The van der Waals surface area contributed by atoms with E-state index < -0.39 is 0 Å². The monoisotopic (exact) mass is 1100 g/mol. The second-order valence-electron chi connectivity index (χ2n) is 26.5. The van der Waals surface area contributed by atoms with E-state index in [2.05, 4.69) is 228 Å². The van der Waals surface area contributed by atoms with Crippen LogP contribution in [0.4, 0.5) is 0 Å². The molecule has 0 atom stereocenters. The summed E-state index contributed by atoms with van der Waals surface area (Å²) in [5.41, 5.74) is 21.4. The van der Waals surface area contributed by atoms with Gasteiger partial charge in [-0.05, 0) is 176 Å². The molecule has 0 aliphatic carbocycles. The fourth-order valence-corrected chi connectivity index (χ4v) is 14.6. The zero-order chi connectivity index (χ0) is 56.0. The minimum Gasteiger partial charge on any atom is -0.355 e. The van der Waals surface area contributed by atoms with Gasteiger partial charge in [0, 0.05) is 63.1 Å². The fourth-order valence-electron chi connectivity index (χ4n) is 11.0. The quantitative estimate of drug-likeness (QED) is 0.101. The lowest BCUT2D eigenvalue weighted by atomic mass is 9.78. The normalized spacial score (nSPS) is 13.1. The average Bonchev–Trinajstić information content (AvgIpc) is 4.46. The number of aryl methyl sites for hydroxylation is 2. The summed E-state index contributed by atoms with van der Waals surface area (Å²) in [5.74, 6) is 0. The molecule has 2 aromatic carbocycles. The Bertz CT molecular complexity index is 3610. The summed E-state index contributed by atoms with van der Waals surface area (Å²) in [5, 5.41) is 2.30. The molecule has 8 bridgehead atoms. The maximum Gasteiger partial charge on any atom is 0.0745 e. The Labute approximate surface area is 484 Å². The van der Waals surface area contributed by atoms with Crippen molar-refractivity contribution in [3.8, 4) is 52.2 Å². The number of thiophene rings is 3. The predicted molar refractivity (Wildman–Crippen MR) is 350 cm³/mol. The standard InChI is InChI=1S/C72H84N4S3/c1-15-17-19-21-23-45-35-36-77-67(45)61-33-34-62(78-61)68-46(24-22-20-18-16-2)41-63(79-68)66-59-31-29-57(75-59)64(47-37-49(69(3,4)5)42-50(38-47)70(6,7)8)55-27-25-53(73-55)44-54-26-28-56(74-54)65(58-30-32-60(66)76-58)48-39-51(71(9,10)11)43-52(40-48)72(12,13)14/h25-44,73,76H,15-24H2,1-14H3. The molecule has 0 unspecified atom stereocenters. The van der Waals surface area contributed by atoms with E-state index in [9.17, 15) is 0 Å². The largest absolute Gasteiger partial charge is 0.355 e. The summed E-state index contributed by atoms with van der Waals surface area (Å²) in [6.45, 7) is 32.5. The highest BCUT2D eigenvalue weighted by molar-refractivity contribution is 7.27. The lowest BCUT2D eigenvalue weighted by molar-refractivity contribution is 0.568. The Hall–Kier alpha value is -5.86. The van der Waals surface area contributed by atoms with Gasteiger partial charge in [-0.2, -0.15) is 0 Å². The Morgan fingerprint density at radius 3 is 1.44 bits per heavy atom. The van der Waals surface area contributed by atoms with Gasteiger partial charge in [-0.3, -0.25) is 0 Å². The maximum absolute atomic E-state index is 5.82. The zero-order valence-corrected chi connectivity index (χ0v) is 52.2. The highest BCUT2D eigenvalue weighted by atomic mass is 32.1. The minimum atomic E-state index is -0.0609. The molecule has 0 amide bonds. The molecule has 0 radical (unpaired) electrons. The van der Waals surface area contributed by atoms with Gasteiger partial charge in [-0.25, -0.2) is 9.97 Å². The molecular weight excluding hydrogens is 1020 g/mol. The SMILES string of the molecule is CCCCCCc1ccsc1-c1ccc(-c2sc(-c3c4nc(c(-c5cc(C(C)(C)C)cc(C(C)(C)C)c5)c5ccc(cc6nc(c(-c7cc(C(C)(C)C)cc(C(C)(C)C)c7)c7ccc3[nH]7)C=C6)[nH]5)C=C4)cc2CCCCCC)s1. The molecule has 2 aliphatic heterocycles. The third kappa shape index (κ3) is 12.4. The van der Waals surface area contributed by atoms with Crippen LogP contribution in [-0.2, 0) is 34.5 Å². The van der Waals surface area contributed by atoms with Crippen LogP contribution in [0.15, 0.2) is 96.4 Å². The van der Waals surface area contributed by atoms with E-state index in [4.69, 9.17) is 9.97 Å². The van der Waals surface area contributed by atoms with Crippen molar-refractivity contribution in [3.05, 3.63) is 153 Å². The van der Waals surface area contributed by atoms with E-state index in [1.54, 1.807) is 0 Å². The Morgan fingerprint density at radius 1 is 0.405 bits per heavy atom. The van der Waals surface area contributed by atoms with Crippen molar-refractivity contribution >= 4 is 80.4 Å². The number of aromatic amines is 2. The van der Waals surface area contributed by atoms with Crippen molar-refractivity contribution in [1.29, 1.82) is 0 Å². The van der Waals surface area contributed by atoms with Gasteiger partial charge in [0.25, 0.3) is 0 Å². The molecule has 7 heteroatoms. The van der Waals surface area contributed by atoms with Crippen LogP contribution in [0.2, 0.25) is 0 Å². The smallest absolute Gasteiger partial charge is 0.0745 e. The number of aromatic nitrogens is 4. The van der Waals surface area contributed by atoms with Crippen LogP contribution in [0.5, 0.6) is 0 Å². The molecule has 0 saturated heterocycles. The van der Waals surface area contributed by atoms with Crippen molar-refractivity contribution in [3.63, 3.8) is 0 Å². The number of benzene rings is 2. The number of nitrogens with one attached hydrogen (secondary N) is 2. The first-order valence-corrected chi connectivity index (χ1v) is 31.8. The zero-order valence-electron chi connectivity index (χ0n) is 49.7. The molecule has 0 fully saturated rings. The average molecular weight is 1100 g/mol. The molecular formula is C72H84N4S3. The molecule has 8 aromatic rings. The van der Waals surface area contributed by atoms with Gasteiger partial charge in [0.15, 0.2) is 0 Å². The number of hydrogen-bond acceptors (Lipinski definition) is 5. The molecule has 10 rings (SSSR count). The van der Waals surface area contributed by atoms with Crippen LogP contribution in [-0.4, -0.2) is 19.9 Å².